The van der Waals surface area contributed by atoms with Crippen LogP contribution >= 0.6 is 0 Å². The van der Waals surface area contributed by atoms with Gasteiger partial charge in [0.15, 0.2) is 0 Å². The van der Waals surface area contributed by atoms with Crippen molar-refractivity contribution in [1.82, 2.24) is 4.98 Å². The monoisotopic (exact) mass is 287 g/mol. The molecule has 0 fully saturated rings. The summed E-state index contributed by atoms with van der Waals surface area (Å²) in [5, 5.41) is 0. The quantitative estimate of drug-likeness (QED) is 0.588. The van der Waals surface area contributed by atoms with Gasteiger partial charge in [-0.3, -0.25) is 4.98 Å². The molecule has 1 nitrogen and oxygen atoms in total. The van der Waals surface area contributed by atoms with Gasteiger partial charge in [0.05, 0.1) is 5.69 Å². The van der Waals surface area contributed by atoms with E-state index in [2.05, 4.69) is 86.4 Å². The van der Waals surface area contributed by atoms with E-state index in [1.165, 1.54) is 16.7 Å². The van der Waals surface area contributed by atoms with Crippen LogP contribution in [-0.2, 0) is 5.41 Å². The molecule has 2 aromatic carbocycles. The molecule has 0 radical (unpaired) electrons. The predicted molar refractivity (Wildman–Crippen MR) is 93.8 cm³/mol. The van der Waals surface area contributed by atoms with Crippen LogP contribution in [0.5, 0.6) is 0 Å². The molecule has 0 aliphatic heterocycles. The number of pyridine rings is 1. The van der Waals surface area contributed by atoms with Crippen LogP contribution in [0.15, 0.2) is 72.9 Å². The molecule has 0 unspecified atom stereocenters. The van der Waals surface area contributed by atoms with E-state index in [0.29, 0.717) is 0 Å². The van der Waals surface area contributed by atoms with Gasteiger partial charge in [-0.15, -0.1) is 0 Å². The first-order valence-electron chi connectivity index (χ1n) is 7.66. The minimum atomic E-state index is 0.142. The maximum atomic E-state index is 4.62. The number of hydrogen-bond acceptors (Lipinski definition) is 1. The Bertz CT molecular complexity index is 733. The highest BCUT2D eigenvalue weighted by Gasteiger charge is 2.13. The SMILES string of the molecule is CC(C)(C)c1ccc(-c2ccc(-c3ccccc3)cc2)nc1. The second kappa shape index (κ2) is 5.76. The van der Waals surface area contributed by atoms with Crippen LogP contribution in [0.1, 0.15) is 26.3 Å². The molecule has 1 heteroatoms. The molecular weight excluding hydrogens is 266 g/mol. The molecular formula is C21H21N. The van der Waals surface area contributed by atoms with Gasteiger partial charge in [-0.05, 0) is 28.2 Å². The Morgan fingerprint density at radius 3 is 1.77 bits per heavy atom. The van der Waals surface area contributed by atoms with Crippen LogP contribution in [0, 0.1) is 0 Å². The van der Waals surface area contributed by atoms with E-state index in [0.717, 1.165) is 11.3 Å². The highest BCUT2D eigenvalue weighted by Crippen LogP contribution is 2.26. The van der Waals surface area contributed by atoms with Gasteiger partial charge in [0, 0.05) is 11.8 Å². The van der Waals surface area contributed by atoms with Gasteiger partial charge in [-0.1, -0.05) is 81.4 Å². The summed E-state index contributed by atoms with van der Waals surface area (Å²) >= 11 is 0. The Labute approximate surface area is 132 Å². The van der Waals surface area contributed by atoms with Crippen LogP contribution < -0.4 is 0 Å². The minimum absolute atomic E-state index is 0.142. The van der Waals surface area contributed by atoms with Crippen molar-refractivity contribution in [3.8, 4) is 22.4 Å². The Balaban J connectivity index is 1.87. The molecule has 22 heavy (non-hydrogen) atoms. The number of rotatable bonds is 2. The number of aromatic nitrogens is 1. The largest absolute Gasteiger partial charge is 0.256 e. The summed E-state index contributed by atoms with van der Waals surface area (Å²) in [6.07, 6.45) is 1.99. The van der Waals surface area contributed by atoms with Crippen molar-refractivity contribution in [3.05, 3.63) is 78.5 Å². The van der Waals surface area contributed by atoms with Gasteiger partial charge in [-0.2, -0.15) is 0 Å². The van der Waals surface area contributed by atoms with Gasteiger partial charge < -0.3 is 0 Å². The third-order valence-corrected chi connectivity index (χ3v) is 3.92. The smallest absolute Gasteiger partial charge is 0.0702 e. The number of benzene rings is 2. The minimum Gasteiger partial charge on any atom is -0.256 e. The normalized spacial score (nSPS) is 11.4. The van der Waals surface area contributed by atoms with Crippen LogP contribution in [0.3, 0.4) is 0 Å². The van der Waals surface area contributed by atoms with E-state index in [9.17, 15) is 0 Å². The van der Waals surface area contributed by atoms with Gasteiger partial charge in [-0.25, -0.2) is 0 Å². The van der Waals surface area contributed by atoms with E-state index >= 15 is 0 Å². The zero-order valence-electron chi connectivity index (χ0n) is 13.4. The van der Waals surface area contributed by atoms with Gasteiger partial charge in [0.1, 0.15) is 0 Å². The first-order valence-corrected chi connectivity index (χ1v) is 7.66. The van der Waals surface area contributed by atoms with Crippen LogP contribution in [0.25, 0.3) is 22.4 Å². The van der Waals surface area contributed by atoms with Gasteiger partial charge in [0.2, 0.25) is 0 Å². The summed E-state index contributed by atoms with van der Waals surface area (Å²) in [5.41, 5.74) is 6.05. The highest BCUT2D eigenvalue weighted by molar-refractivity contribution is 5.68. The summed E-state index contributed by atoms with van der Waals surface area (Å²) in [6, 6.07) is 23.3. The number of nitrogens with zero attached hydrogens (tertiary/aromatic N) is 1. The van der Waals surface area contributed by atoms with E-state index in [1.54, 1.807) is 0 Å². The fourth-order valence-corrected chi connectivity index (χ4v) is 2.47. The second-order valence-electron chi connectivity index (χ2n) is 6.63. The Hall–Kier alpha value is -2.41. The lowest BCUT2D eigenvalue weighted by Gasteiger charge is -2.18. The molecule has 110 valence electrons. The second-order valence-corrected chi connectivity index (χ2v) is 6.63. The van der Waals surface area contributed by atoms with E-state index in [-0.39, 0.29) is 5.41 Å². The molecule has 0 spiro atoms. The summed E-state index contributed by atoms with van der Waals surface area (Å²) in [5.74, 6) is 0. The zero-order chi connectivity index (χ0) is 15.6. The lowest BCUT2D eigenvalue weighted by Crippen LogP contribution is -2.11. The summed E-state index contributed by atoms with van der Waals surface area (Å²) < 4.78 is 0. The molecule has 3 aromatic rings. The summed E-state index contributed by atoms with van der Waals surface area (Å²) in [6.45, 7) is 6.62. The molecule has 1 aromatic heterocycles. The molecule has 0 N–H and O–H groups in total. The first kappa shape index (κ1) is 14.5. The third-order valence-electron chi connectivity index (χ3n) is 3.92. The molecule has 0 atom stereocenters. The summed E-state index contributed by atoms with van der Waals surface area (Å²) in [7, 11) is 0. The highest BCUT2D eigenvalue weighted by atomic mass is 14.7. The Morgan fingerprint density at radius 1 is 0.636 bits per heavy atom. The lowest BCUT2D eigenvalue weighted by molar-refractivity contribution is 0.587. The van der Waals surface area contributed by atoms with Crippen molar-refractivity contribution in [2.45, 2.75) is 26.2 Å². The maximum Gasteiger partial charge on any atom is 0.0702 e. The van der Waals surface area contributed by atoms with Gasteiger partial charge >= 0.3 is 0 Å². The Morgan fingerprint density at radius 2 is 1.23 bits per heavy atom. The third kappa shape index (κ3) is 3.09. The van der Waals surface area contributed by atoms with Crippen molar-refractivity contribution in [3.63, 3.8) is 0 Å². The molecule has 3 rings (SSSR count). The topological polar surface area (TPSA) is 12.9 Å². The first-order chi connectivity index (χ1) is 10.5. The lowest BCUT2D eigenvalue weighted by atomic mass is 9.88. The molecule has 0 aliphatic carbocycles. The molecule has 0 saturated carbocycles. The molecule has 0 bridgehead atoms. The van der Waals surface area contributed by atoms with Crippen LogP contribution in [-0.4, -0.2) is 4.98 Å². The fourth-order valence-electron chi connectivity index (χ4n) is 2.47. The molecule has 0 saturated heterocycles. The average Bonchev–Trinajstić information content (AvgIpc) is 2.55. The van der Waals surface area contributed by atoms with E-state index in [4.69, 9.17) is 0 Å². The molecule has 1 heterocycles. The van der Waals surface area contributed by atoms with Crippen LogP contribution in [0.4, 0.5) is 0 Å². The van der Waals surface area contributed by atoms with E-state index < -0.39 is 0 Å². The molecule has 0 amide bonds. The average molecular weight is 287 g/mol. The van der Waals surface area contributed by atoms with Crippen LogP contribution in [0.2, 0.25) is 0 Å². The van der Waals surface area contributed by atoms with Crippen molar-refractivity contribution in [2.75, 3.05) is 0 Å². The standard InChI is InChI=1S/C21H21N/c1-21(2,3)19-13-14-20(22-15-19)18-11-9-17(10-12-18)16-7-5-4-6-8-16/h4-15H,1-3H3. The van der Waals surface area contributed by atoms with Crippen molar-refractivity contribution in [2.24, 2.45) is 0 Å². The van der Waals surface area contributed by atoms with Crippen molar-refractivity contribution < 1.29 is 0 Å². The maximum absolute atomic E-state index is 4.62. The van der Waals surface area contributed by atoms with Crippen molar-refractivity contribution in [1.29, 1.82) is 0 Å². The van der Waals surface area contributed by atoms with Crippen molar-refractivity contribution >= 4 is 0 Å². The molecule has 0 aliphatic rings. The predicted octanol–water partition coefficient (Wildman–Crippen LogP) is 5.71. The summed E-state index contributed by atoms with van der Waals surface area (Å²) in [4.78, 5) is 4.62. The van der Waals surface area contributed by atoms with Gasteiger partial charge in [0.25, 0.3) is 0 Å². The number of hydrogen-bond donors (Lipinski definition) is 0. The fraction of sp³-hybridized carbons (Fsp3) is 0.190. The van der Waals surface area contributed by atoms with E-state index in [1.807, 2.05) is 12.3 Å². The zero-order valence-corrected chi connectivity index (χ0v) is 13.4. The Kier molecular flexibility index (Phi) is 3.81.